The SMILES string of the molecule is COCCC(N)C(=O)Nc1ccc(-c2ccnc3[nH]ccc23)cc1. The molecule has 1 unspecified atom stereocenters. The molecule has 1 aromatic carbocycles. The molecular formula is C18H20N4O2. The maximum absolute atomic E-state index is 12.0. The van der Waals surface area contributed by atoms with Crippen LogP contribution in [0.5, 0.6) is 0 Å². The normalized spacial score (nSPS) is 12.2. The second kappa shape index (κ2) is 7.25. The van der Waals surface area contributed by atoms with E-state index in [2.05, 4.69) is 15.3 Å². The molecule has 0 saturated carbocycles. The lowest BCUT2D eigenvalue weighted by molar-refractivity contribution is -0.117. The highest BCUT2D eigenvalue weighted by molar-refractivity contribution is 5.96. The number of fused-ring (bicyclic) bond motifs is 1. The number of ether oxygens (including phenoxy) is 1. The van der Waals surface area contributed by atoms with Crippen molar-refractivity contribution in [1.82, 2.24) is 9.97 Å². The maximum Gasteiger partial charge on any atom is 0.241 e. The summed E-state index contributed by atoms with van der Waals surface area (Å²) in [4.78, 5) is 19.4. The molecule has 2 aromatic heterocycles. The van der Waals surface area contributed by atoms with Crippen LogP contribution in [0.1, 0.15) is 6.42 Å². The zero-order chi connectivity index (χ0) is 16.9. The first-order chi connectivity index (χ1) is 11.7. The molecule has 3 aromatic rings. The van der Waals surface area contributed by atoms with E-state index in [9.17, 15) is 4.79 Å². The highest BCUT2D eigenvalue weighted by Gasteiger charge is 2.13. The van der Waals surface area contributed by atoms with Gasteiger partial charge in [-0.1, -0.05) is 12.1 Å². The van der Waals surface area contributed by atoms with E-state index >= 15 is 0 Å². The highest BCUT2D eigenvalue weighted by atomic mass is 16.5. The molecule has 24 heavy (non-hydrogen) atoms. The van der Waals surface area contributed by atoms with Crippen LogP contribution >= 0.6 is 0 Å². The van der Waals surface area contributed by atoms with Gasteiger partial charge in [-0.3, -0.25) is 4.79 Å². The largest absolute Gasteiger partial charge is 0.385 e. The number of nitrogens with zero attached hydrogens (tertiary/aromatic N) is 1. The lowest BCUT2D eigenvalue weighted by Crippen LogP contribution is -2.36. The van der Waals surface area contributed by atoms with Crippen molar-refractivity contribution in [2.24, 2.45) is 5.73 Å². The quantitative estimate of drug-likeness (QED) is 0.649. The summed E-state index contributed by atoms with van der Waals surface area (Å²) in [5.74, 6) is -0.211. The predicted molar refractivity (Wildman–Crippen MR) is 94.6 cm³/mol. The summed E-state index contributed by atoms with van der Waals surface area (Å²) in [6, 6.07) is 11.1. The Morgan fingerprint density at radius 3 is 2.83 bits per heavy atom. The van der Waals surface area contributed by atoms with E-state index in [1.54, 1.807) is 13.3 Å². The van der Waals surface area contributed by atoms with Crippen LogP contribution in [0.4, 0.5) is 5.69 Å². The molecule has 6 heteroatoms. The number of H-pyrrole nitrogens is 1. The number of hydrogen-bond acceptors (Lipinski definition) is 4. The van der Waals surface area contributed by atoms with Crippen LogP contribution in [-0.4, -0.2) is 35.6 Å². The van der Waals surface area contributed by atoms with Crippen molar-refractivity contribution in [3.63, 3.8) is 0 Å². The Bertz CT molecular complexity index is 826. The van der Waals surface area contributed by atoms with E-state index in [-0.39, 0.29) is 5.91 Å². The van der Waals surface area contributed by atoms with Crippen molar-refractivity contribution in [3.05, 3.63) is 48.8 Å². The molecule has 0 bridgehead atoms. The van der Waals surface area contributed by atoms with Crippen LogP contribution in [0, 0.1) is 0 Å². The van der Waals surface area contributed by atoms with Gasteiger partial charge in [0.15, 0.2) is 0 Å². The average molecular weight is 324 g/mol. The smallest absolute Gasteiger partial charge is 0.241 e. The second-order valence-corrected chi connectivity index (χ2v) is 5.55. The minimum atomic E-state index is -0.579. The van der Waals surface area contributed by atoms with Gasteiger partial charge in [-0.2, -0.15) is 0 Å². The molecule has 6 nitrogen and oxygen atoms in total. The van der Waals surface area contributed by atoms with Gasteiger partial charge >= 0.3 is 0 Å². The zero-order valence-electron chi connectivity index (χ0n) is 13.5. The van der Waals surface area contributed by atoms with Crippen molar-refractivity contribution >= 4 is 22.6 Å². The number of benzene rings is 1. The molecule has 0 aliphatic heterocycles. The fourth-order valence-electron chi connectivity index (χ4n) is 2.56. The summed E-state index contributed by atoms with van der Waals surface area (Å²) in [6.07, 6.45) is 4.14. The summed E-state index contributed by atoms with van der Waals surface area (Å²) in [7, 11) is 1.59. The number of rotatable bonds is 6. The summed E-state index contributed by atoms with van der Waals surface area (Å²) in [5.41, 5.74) is 9.55. The van der Waals surface area contributed by atoms with Gasteiger partial charge in [0, 0.05) is 37.2 Å². The third kappa shape index (κ3) is 3.45. The number of pyridine rings is 1. The number of methoxy groups -OCH3 is 1. The standard InChI is InChI=1S/C18H20N4O2/c1-24-11-8-16(19)18(23)22-13-4-2-12(3-5-13)14-6-9-20-17-15(14)7-10-21-17/h2-7,9-10,16H,8,11,19H2,1H3,(H,20,21)(H,22,23). The summed E-state index contributed by atoms with van der Waals surface area (Å²) in [5, 5.41) is 3.89. The molecular weight excluding hydrogens is 304 g/mol. The van der Waals surface area contributed by atoms with Crippen molar-refractivity contribution in [1.29, 1.82) is 0 Å². The minimum absolute atomic E-state index is 0.211. The van der Waals surface area contributed by atoms with Gasteiger partial charge in [0.05, 0.1) is 6.04 Å². The molecule has 3 rings (SSSR count). The van der Waals surface area contributed by atoms with Gasteiger partial charge in [0.25, 0.3) is 0 Å². The van der Waals surface area contributed by atoms with Crippen LogP contribution in [0.2, 0.25) is 0 Å². The first kappa shape index (κ1) is 16.2. The van der Waals surface area contributed by atoms with E-state index in [0.717, 1.165) is 27.8 Å². The monoisotopic (exact) mass is 324 g/mol. The number of carbonyl (C=O) groups excluding carboxylic acids is 1. The third-order valence-corrected chi connectivity index (χ3v) is 3.89. The fraction of sp³-hybridized carbons (Fsp3) is 0.222. The fourth-order valence-corrected chi connectivity index (χ4v) is 2.56. The molecule has 2 heterocycles. The summed E-state index contributed by atoms with van der Waals surface area (Å²) < 4.78 is 4.94. The molecule has 124 valence electrons. The topological polar surface area (TPSA) is 93.0 Å². The summed E-state index contributed by atoms with van der Waals surface area (Å²) in [6.45, 7) is 0.461. The molecule has 0 fully saturated rings. The van der Waals surface area contributed by atoms with Gasteiger partial charge in [0.1, 0.15) is 5.65 Å². The first-order valence-corrected chi connectivity index (χ1v) is 7.77. The van der Waals surface area contributed by atoms with E-state index in [1.807, 2.05) is 42.6 Å². The van der Waals surface area contributed by atoms with Crippen molar-refractivity contribution in [3.8, 4) is 11.1 Å². The number of anilines is 1. The van der Waals surface area contributed by atoms with Gasteiger partial charge in [-0.15, -0.1) is 0 Å². The van der Waals surface area contributed by atoms with Crippen LogP contribution in [0.25, 0.3) is 22.2 Å². The Morgan fingerprint density at radius 2 is 2.08 bits per heavy atom. The van der Waals surface area contributed by atoms with Gasteiger partial charge in [0.2, 0.25) is 5.91 Å². The number of amides is 1. The van der Waals surface area contributed by atoms with Crippen molar-refractivity contribution in [2.45, 2.75) is 12.5 Å². The molecule has 0 saturated heterocycles. The minimum Gasteiger partial charge on any atom is -0.385 e. The molecule has 4 N–H and O–H groups in total. The van der Waals surface area contributed by atoms with Crippen LogP contribution in [0.3, 0.4) is 0 Å². The number of aromatic nitrogens is 2. The summed E-state index contributed by atoms with van der Waals surface area (Å²) >= 11 is 0. The number of nitrogens with one attached hydrogen (secondary N) is 2. The lowest BCUT2D eigenvalue weighted by Gasteiger charge is -2.12. The highest BCUT2D eigenvalue weighted by Crippen LogP contribution is 2.27. The molecule has 0 radical (unpaired) electrons. The second-order valence-electron chi connectivity index (χ2n) is 5.55. The first-order valence-electron chi connectivity index (χ1n) is 7.77. The Balaban J connectivity index is 1.74. The van der Waals surface area contributed by atoms with Crippen LogP contribution in [0.15, 0.2) is 48.8 Å². The molecule has 0 aliphatic rings. The number of nitrogens with two attached hydrogens (primary N) is 1. The van der Waals surface area contributed by atoms with Gasteiger partial charge in [-0.05, 0) is 41.8 Å². The Morgan fingerprint density at radius 1 is 1.29 bits per heavy atom. The lowest BCUT2D eigenvalue weighted by atomic mass is 10.0. The van der Waals surface area contributed by atoms with E-state index in [0.29, 0.717) is 13.0 Å². The number of hydrogen-bond donors (Lipinski definition) is 3. The third-order valence-electron chi connectivity index (χ3n) is 3.89. The van der Waals surface area contributed by atoms with E-state index in [1.165, 1.54) is 0 Å². The maximum atomic E-state index is 12.0. The number of carbonyl (C=O) groups is 1. The van der Waals surface area contributed by atoms with E-state index < -0.39 is 6.04 Å². The molecule has 1 atom stereocenters. The number of aromatic amines is 1. The average Bonchev–Trinajstić information content (AvgIpc) is 3.09. The van der Waals surface area contributed by atoms with Crippen molar-refractivity contribution < 1.29 is 9.53 Å². The molecule has 0 spiro atoms. The van der Waals surface area contributed by atoms with Gasteiger partial charge < -0.3 is 20.8 Å². The Hall–Kier alpha value is -2.70. The van der Waals surface area contributed by atoms with Crippen molar-refractivity contribution in [2.75, 3.05) is 19.0 Å². The predicted octanol–water partition coefficient (Wildman–Crippen LogP) is 2.53. The van der Waals surface area contributed by atoms with Gasteiger partial charge in [-0.25, -0.2) is 4.98 Å². The Labute approximate surface area is 140 Å². The molecule has 1 amide bonds. The molecule has 0 aliphatic carbocycles. The zero-order valence-corrected chi connectivity index (χ0v) is 13.5. The van der Waals surface area contributed by atoms with Crippen LogP contribution in [-0.2, 0) is 9.53 Å². The van der Waals surface area contributed by atoms with Crippen LogP contribution < -0.4 is 11.1 Å². The Kier molecular flexibility index (Phi) is 4.88. The van der Waals surface area contributed by atoms with E-state index in [4.69, 9.17) is 10.5 Å².